The van der Waals surface area contributed by atoms with E-state index in [1.54, 1.807) is 12.1 Å². The molecule has 0 spiro atoms. The summed E-state index contributed by atoms with van der Waals surface area (Å²) >= 11 is 3.18. The summed E-state index contributed by atoms with van der Waals surface area (Å²) in [5.74, 6) is -0.839. The highest BCUT2D eigenvalue weighted by Crippen LogP contribution is 2.16. The van der Waals surface area contributed by atoms with Gasteiger partial charge in [0.25, 0.3) is 5.91 Å². The van der Waals surface area contributed by atoms with E-state index in [9.17, 15) is 9.18 Å². The lowest BCUT2D eigenvalue weighted by Gasteiger charge is -2.20. The van der Waals surface area contributed by atoms with E-state index in [0.29, 0.717) is 10.9 Å². The zero-order valence-corrected chi connectivity index (χ0v) is 11.2. The number of hydrogen-bond donors (Lipinski definition) is 1. The molecule has 2 nitrogen and oxygen atoms in total. The molecule has 0 saturated heterocycles. The van der Waals surface area contributed by atoms with Gasteiger partial charge in [0.05, 0.1) is 5.56 Å². The Morgan fingerprint density at radius 3 is 2.56 bits per heavy atom. The minimum Gasteiger partial charge on any atom is -0.347 e. The first-order valence-corrected chi connectivity index (χ1v) is 6.13. The van der Waals surface area contributed by atoms with Crippen LogP contribution in [0.2, 0.25) is 0 Å². The van der Waals surface area contributed by atoms with Gasteiger partial charge in [0.15, 0.2) is 0 Å². The van der Waals surface area contributed by atoms with Gasteiger partial charge in [0.1, 0.15) is 5.82 Å². The van der Waals surface area contributed by atoms with Crippen molar-refractivity contribution in [2.24, 2.45) is 0 Å². The van der Waals surface area contributed by atoms with Crippen molar-refractivity contribution in [3.63, 3.8) is 0 Å². The molecule has 0 aliphatic rings. The van der Waals surface area contributed by atoms with Gasteiger partial charge in [-0.25, -0.2) is 4.39 Å². The van der Waals surface area contributed by atoms with E-state index < -0.39 is 5.82 Å². The second-order valence-electron chi connectivity index (χ2n) is 4.62. The first-order chi connectivity index (χ1) is 7.35. The minimum atomic E-state index is -0.457. The van der Waals surface area contributed by atoms with Crippen molar-refractivity contribution in [2.75, 3.05) is 0 Å². The van der Waals surface area contributed by atoms with Crippen molar-refractivity contribution in [1.82, 2.24) is 5.32 Å². The maximum absolute atomic E-state index is 13.8. The molecule has 0 fully saturated rings. The van der Waals surface area contributed by atoms with Crippen LogP contribution in [0.25, 0.3) is 0 Å². The topological polar surface area (TPSA) is 29.1 Å². The third kappa shape index (κ3) is 3.30. The molecule has 4 heteroatoms. The summed E-state index contributed by atoms with van der Waals surface area (Å²) in [6, 6.07) is 4.82. The van der Waals surface area contributed by atoms with Crippen LogP contribution in [0.1, 0.15) is 36.7 Å². The summed E-state index contributed by atoms with van der Waals surface area (Å²) in [4.78, 5) is 11.8. The Morgan fingerprint density at radius 1 is 1.44 bits per heavy atom. The largest absolute Gasteiger partial charge is 0.347 e. The SMILES string of the molecule is CC(C)(C)NC(=O)c1cccc(CBr)c1F. The number of rotatable bonds is 2. The molecule has 1 N–H and O–H groups in total. The van der Waals surface area contributed by atoms with E-state index in [-0.39, 0.29) is 17.0 Å². The molecule has 16 heavy (non-hydrogen) atoms. The fraction of sp³-hybridized carbons (Fsp3) is 0.417. The highest BCUT2D eigenvalue weighted by Gasteiger charge is 2.19. The molecule has 1 rings (SSSR count). The molecular formula is C12H15BrFNO. The van der Waals surface area contributed by atoms with Gasteiger partial charge in [-0.15, -0.1) is 0 Å². The van der Waals surface area contributed by atoms with Crippen molar-refractivity contribution in [3.8, 4) is 0 Å². The Labute approximate surface area is 103 Å². The van der Waals surface area contributed by atoms with Gasteiger partial charge in [-0.2, -0.15) is 0 Å². The number of carbonyl (C=O) groups is 1. The molecule has 0 heterocycles. The van der Waals surface area contributed by atoms with Crippen LogP contribution >= 0.6 is 15.9 Å². The molecule has 0 aliphatic carbocycles. The predicted octanol–water partition coefficient (Wildman–Crippen LogP) is 3.25. The lowest BCUT2D eigenvalue weighted by atomic mass is 10.1. The van der Waals surface area contributed by atoms with Crippen LogP contribution < -0.4 is 5.32 Å². The van der Waals surface area contributed by atoms with E-state index in [2.05, 4.69) is 21.2 Å². The molecule has 88 valence electrons. The third-order valence-corrected chi connectivity index (χ3v) is 2.56. The number of hydrogen-bond acceptors (Lipinski definition) is 1. The van der Waals surface area contributed by atoms with Crippen LogP contribution in [0.4, 0.5) is 4.39 Å². The molecule has 0 saturated carbocycles. The monoisotopic (exact) mass is 287 g/mol. The standard InChI is InChI=1S/C12H15BrFNO/c1-12(2,3)15-11(16)9-6-4-5-8(7-13)10(9)14/h4-6H,7H2,1-3H3,(H,15,16). The van der Waals surface area contributed by atoms with E-state index in [4.69, 9.17) is 0 Å². The quantitative estimate of drug-likeness (QED) is 0.832. The van der Waals surface area contributed by atoms with Crippen molar-refractivity contribution in [1.29, 1.82) is 0 Å². The fourth-order valence-electron chi connectivity index (χ4n) is 1.27. The second-order valence-corrected chi connectivity index (χ2v) is 5.18. The van der Waals surface area contributed by atoms with Gasteiger partial charge in [0, 0.05) is 10.9 Å². The van der Waals surface area contributed by atoms with Crippen molar-refractivity contribution in [3.05, 3.63) is 35.1 Å². The molecule has 0 aliphatic heterocycles. The van der Waals surface area contributed by atoms with Crippen molar-refractivity contribution in [2.45, 2.75) is 31.6 Å². The Hall–Kier alpha value is -0.900. The number of nitrogens with one attached hydrogen (secondary N) is 1. The Kier molecular flexibility index (Phi) is 4.08. The molecule has 1 amide bonds. The van der Waals surface area contributed by atoms with Crippen LogP contribution in [0, 0.1) is 5.82 Å². The zero-order chi connectivity index (χ0) is 12.3. The molecule has 0 atom stereocenters. The first-order valence-electron chi connectivity index (χ1n) is 5.01. The van der Waals surface area contributed by atoms with E-state index >= 15 is 0 Å². The molecular weight excluding hydrogens is 273 g/mol. The van der Waals surface area contributed by atoms with Crippen LogP contribution in [-0.4, -0.2) is 11.4 Å². The van der Waals surface area contributed by atoms with Gasteiger partial charge < -0.3 is 5.32 Å². The maximum atomic E-state index is 13.8. The number of carbonyl (C=O) groups excluding carboxylic acids is 1. The summed E-state index contributed by atoms with van der Waals surface area (Å²) in [7, 11) is 0. The maximum Gasteiger partial charge on any atom is 0.254 e. The average Bonchev–Trinajstić information content (AvgIpc) is 2.15. The van der Waals surface area contributed by atoms with Crippen LogP contribution in [0.3, 0.4) is 0 Å². The number of benzene rings is 1. The van der Waals surface area contributed by atoms with Gasteiger partial charge in [-0.05, 0) is 32.4 Å². The summed E-state index contributed by atoms with van der Waals surface area (Å²) in [5.41, 5.74) is 0.210. The van der Waals surface area contributed by atoms with E-state index in [0.717, 1.165) is 0 Å². The highest BCUT2D eigenvalue weighted by atomic mass is 79.9. The van der Waals surface area contributed by atoms with Crippen LogP contribution in [0.5, 0.6) is 0 Å². The minimum absolute atomic E-state index is 0.0897. The Bertz CT molecular complexity index is 398. The number of halogens is 2. The zero-order valence-electron chi connectivity index (χ0n) is 9.60. The summed E-state index contributed by atoms with van der Waals surface area (Å²) in [5, 5.41) is 3.13. The van der Waals surface area contributed by atoms with Crippen LogP contribution in [-0.2, 0) is 5.33 Å². The molecule has 0 unspecified atom stereocenters. The average molecular weight is 288 g/mol. The van der Waals surface area contributed by atoms with Crippen molar-refractivity contribution < 1.29 is 9.18 Å². The molecule has 1 aromatic carbocycles. The van der Waals surface area contributed by atoms with Crippen LogP contribution in [0.15, 0.2) is 18.2 Å². The smallest absolute Gasteiger partial charge is 0.254 e. The summed E-state index contributed by atoms with van der Waals surface area (Å²) in [6.45, 7) is 5.57. The number of amides is 1. The number of alkyl halides is 1. The second kappa shape index (κ2) is 4.95. The van der Waals surface area contributed by atoms with E-state index in [1.807, 2.05) is 20.8 Å². The third-order valence-electron chi connectivity index (χ3n) is 1.96. The lowest BCUT2D eigenvalue weighted by molar-refractivity contribution is 0.0915. The Balaban J connectivity index is 3.01. The summed E-state index contributed by atoms with van der Waals surface area (Å²) in [6.07, 6.45) is 0. The van der Waals surface area contributed by atoms with Gasteiger partial charge in [-0.3, -0.25) is 4.79 Å². The Morgan fingerprint density at radius 2 is 2.06 bits per heavy atom. The fourth-order valence-corrected chi connectivity index (χ4v) is 1.70. The molecule has 0 bridgehead atoms. The van der Waals surface area contributed by atoms with Gasteiger partial charge >= 0.3 is 0 Å². The van der Waals surface area contributed by atoms with Gasteiger partial charge in [-0.1, -0.05) is 28.1 Å². The van der Waals surface area contributed by atoms with Crippen molar-refractivity contribution >= 4 is 21.8 Å². The first kappa shape index (κ1) is 13.2. The predicted molar refractivity (Wildman–Crippen MR) is 66.3 cm³/mol. The highest BCUT2D eigenvalue weighted by molar-refractivity contribution is 9.08. The normalized spacial score (nSPS) is 11.3. The lowest BCUT2D eigenvalue weighted by Crippen LogP contribution is -2.41. The molecule has 0 radical (unpaired) electrons. The molecule has 1 aromatic rings. The van der Waals surface area contributed by atoms with E-state index in [1.165, 1.54) is 6.07 Å². The summed E-state index contributed by atoms with van der Waals surface area (Å²) < 4.78 is 13.8. The van der Waals surface area contributed by atoms with Gasteiger partial charge in [0.2, 0.25) is 0 Å². The molecule has 0 aromatic heterocycles.